The van der Waals surface area contributed by atoms with E-state index in [9.17, 15) is 9.18 Å². The lowest BCUT2D eigenvalue weighted by Crippen LogP contribution is -2.19. The van der Waals surface area contributed by atoms with Crippen LogP contribution in [-0.2, 0) is 16.1 Å². The summed E-state index contributed by atoms with van der Waals surface area (Å²) in [5.41, 5.74) is 6.04. The Labute approximate surface area is 154 Å². The normalized spacial score (nSPS) is 15.1. The minimum Gasteiger partial charge on any atom is -0.440 e. The number of rotatable bonds is 9. The van der Waals surface area contributed by atoms with Crippen molar-refractivity contribution in [3.63, 3.8) is 0 Å². The number of primary amides is 1. The zero-order valence-corrected chi connectivity index (χ0v) is 16.0. The number of hydrogen-bond donors (Lipinski definition) is 2. The Balaban J connectivity index is 1.81. The average Bonchev–Trinajstić information content (AvgIpc) is 2.60. The molecule has 0 saturated heterocycles. The Morgan fingerprint density at radius 3 is 2.88 bits per heavy atom. The third-order valence-corrected chi connectivity index (χ3v) is 4.77. The molecule has 1 aromatic rings. The van der Waals surface area contributed by atoms with E-state index in [4.69, 9.17) is 15.2 Å². The SMILES string of the molecule is CC(C)OCCCNCc1ccc(OC2=NC=C(C(N)=O)PC2)c(F)c1. The van der Waals surface area contributed by atoms with E-state index in [-0.39, 0.29) is 20.4 Å². The monoisotopic (exact) mass is 381 g/mol. The smallest absolute Gasteiger partial charge is 0.250 e. The minimum atomic E-state index is -0.482. The molecular weight excluding hydrogens is 356 g/mol. The molecule has 1 atom stereocenters. The zero-order chi connectivity index (χ0) is 18.9. The molecule has 0 bridgehead atoms. The molecule has 6 nitrogen and oxygen atoms in total. The van der Waals surface area contributed by atoms with E-state index in [0.717, 1.165) is 18.5 Å². The first-order chi connectivity index (χ1) is 12.5. The number of amides is 1. The molecule has 0 spiro atoms. The number of nitrogens with zero attached hydrogens (tertiary/aromatic N) is 1. The molecule has 1 aromatic carbocycles. The maximum atomic E-state index is 14.2. The molecule has 0 fully saturated rings. The van der Waals surface area contributed by atoms with E-state index >= 15 is 0 Å². The molecule has 142 valence electrons. The fourth-order valence-electron chi connectivity index (χ4n) is 2.22. The van der Waals surface area contributed by atoms with Gasteiger partial charge in [-0.1, -0.05) is 14.6 Å². The van der Waals surface area contributed by atoms with Gasteiger partial charge in [0.2, 0.25) is 5.91 Å². The zero-order valence-electron chi connectivity index (χ0n) is 15.0. The fraction of sp³-hybridized carbons (Fsp3) is 0.444. The maximum Gasteiger partial charge on any atom is 0.250 e. The van der Waals surface area contributed by atoms with Crippen molar-refractivity contribution in [3.05, 3.63) is 41.1 Å². The highest BCUT2D eigenvalue weighted by atomic mass is 31.1. The maximum absolute atomic E-state index is 14.2. The van der Waals surface area contributed by atoms with Crippen LogP contribution >= 0.6 is 8.58 Å². The van der Waals surface area contributed by atoms with Gasteiger partial charge < -0.3 is 20.5 Å². The van der Waals surface area contributed by atoms with Gasteiger partial charge in [-0.15, -0.1) is 0 Å². The highest BCUT2D eigenvalue weighted by molar-refractivity contribution is 7.46. The van der Waals surface area contributed by atoms with Gasteiger partial charge in [0.05, 0.1) is 11.4 Å². The second-order valence-electron chi connectivity index (χ2n) is 6.10. The highest BCUT2D eigenvalue weighted by Crippen LogP contribution is 2.28. The predicted octanol–water partition coefficient (Wildman–Crippen LogP) is 2.53. The van der Waals surface area contributed by atoms with Gasteiger partial charge in [-0.3, -0.25) is 4.79 Å². The van der Waals surface area contributed by atoms with Gasteiger partial charge in [0.1, 0.15) is 0 Å². The number of hydrogen-bond acceptors (Lipinski definition) is 5. The Bertz CT molecular complexity index is 692. The number of ether oxygens (including phenoxy) is 2. The Morgan fingerprint density at radius 1 is 1.46 bits per heavy atom. The molecule has 0 aromatic heterocycles. The van der Waals surface area contributed by atoms with Crippen LogP contribution in [0.1, 0.15) is 25.8 Å². The summed E-state index contributed by atoms with van der Waals surface area (Å²) in [7, 11) is 0.185. The van der Waals surface area contributed by atoms with Crippen LogP contribution in [0.2, 0.25) is 0 Å². The standard InChI is InChI=1S/C18H25FN3O3P/c1-12(2)24-7-3-6-21-9-13-4-5-15(14(19)8-13)25-17-11-26-16(10-22-17)18(20)23/h4-5,8,10,12,21,26H,3,6-7,9,11H2,1-2H3,(H2,20,23). The largest absolute Gasteiger partial charge is 0.440 e. The van der Waals surface area contributed by atoms with Crippen molar-refractivity contribution in [2.45, 2.75) is 32.9 Å². The average molecular weight is 381 g/mol. The van der Waals surface area contributed by atoms with Crippen LogP contribution < -0.4 is 15.8 Å². The molecular formula is C18H25FN3O3P. The quantitative estimate of drug-likeness (QED) is 0.508. The summed E-state index contributed by atoms with van der Waals surface area (Å²) in [5.74, 6) is -0.421. The van der Waals surface area contributed by atoms with E-state index in [1.54, 1.807) is 6.07 Å². The van der Waals surface area contributed by atoms with E-state index in [2.05, 4.69) is 10.3 Å². The van der Waals surface area contributed by atoms with Gasteiger partial charge >= 0.3 is 0 Å². The summed E-state index contributed by atoms with van der Waals surface area (Å²) in [6.07, 6.45) is 2.97. The van der Waals surface area contributed by atoms with Crippen molar-refractivity contribution >= 4 is 20.4 Å². The van der Waals surface area contributed by atoms with E-state index in [0.29, 0.717) is 30.5 Å². The summed E-state index contributed by atoms with van der Waals surface area (Å²) in [4.78, 5) is 15.1. The van der Waals surface area contributed by atoms with Crippen LogP contribution in [0, 0.1) is 5.82 Å². The van der Waals surface area contributed by atoms with Gasteiger partial charge in [0.15, 0.2) is 17.5 Å². The molecule has 1 aliphatic rings. The fourth-order valence-corrected chi connectivity index (χ4v) is 3.06. The van der Waals surface area contributed by atoms with Crippen molar-refractivity contribution in [2.75, 3.05) is 19.3 Å². The molecule has 0 saturated carbocycles. The lowest BCUT2D eigenvalue weighted by atomic mass is 10.2. The molecule has 1 unspecified atom stereocenters. The summed E-state index contributed by atoms with van der Waals surface area (Å²) in [6, 6.07) is 4.85. The number of halogens is 1. The lowest BCUT2D eigenvalue weighted by molar-refractivity contribution is -0.113. The van der Waals surface area contributed by atoms with Crippen LogP contribution in [-0.4, -0.2) is 37.2 Å². The predicted molar refractivity (Wildman–Crippen MR) is 102 cm³/mol. The first-order valence-corrected chi connectivity index (χ1v) is 9.75. The molecule has 0 radical (unpaired) electrons. The van der Waals surface area contributed by atoms with Crippen LogP contribution in [0.4, 0.5) is 4.39 Å². The van der Waals surface area contributed by atoms with Gasteiger partial charge in [-0.25, -0.2) is 9.38 Å². The Kier molecular flexibility index (Phi) is 8.16. The van der Waals surface area contributed by atoms with Gasteiger partial charge in [-0.05, 0) is 44.5 Å². The number of nitrogens with two attached hydrogens (primary N) is 1. The molecule has 2 rings (SSSR count). The molecule has 0 aliphatic carbocycles. The first kappa shape index (κ1) is 20.5. The highest BCUT2D eigenvalue weighted by Gasteiger charge is 2.15. The topological polar surface area (TPSA) is 85.9 Å². The van der Waals surface area contributed by atoms with Crippen molar-refractivity contribution < 1.29 is 18.7 Å². The number of benzene rings is 1. The van der Waals surface area contributed by atoms with Crippen LogP contribution in [0.15, 0.2) is 34.7 Å². The van der Waals surface area contributed by atoms with Crippen molar-refractivity contribution in [1.29, 1.82) is 0 Å². The molecule has 1 amide bonds. The van der Waals surface area contributed by atoms with Crippen LogP contribution in [0.3, 0.4) is 0 Å². The van der Waals surface area contributed by atoms with Crippen molar-refractivity contribution in [3.8, 4) is 5.75 Å². The van der Waals surface area contributed by atoms with Gasteiger partial charge in [0, 0.05) is 25.5 Å². The van der Waals surface area contributed by atoms with E-state index < -0.39 is 11.7 Å². The number of aliphatic imine (C=N–C) groups is 1. The van der Waals surface area contributed by atoms with Crippen molar-refractivity contribution in [1.82, 2.24) is 5.32 Å². The second-order valence-corrected chi connectivity index (χ2v) is 7.35. The van der Waals surface area contributed by atoms with Gasteiger partial charge in [0.25, 0.3) is 0 Å². The minimum absolute atomic E-state index is 0.124. The van der Waals surface area contributed by atoms with Crippen LogP contribution in [0.5, 0.6) is 5.75 Å². The first-order valence-electron chi connectivity index (χ1n) is 8.55. The summed E-state index contributed by atoms with van der Waals surface area (Å²) in [6.45, 7) is 6.10. The molecule has 1 heterocycles. The summed E-state index contributed by atoms with van der Waals surface area (Å²) < 4.78 is 25.2. The number of nitrogens with one attached hydrogen (secondary N) is 1. The molecule has 8 heteroatoms. The van der Waals surface area contributed by atoms with Crippen molar-refractivity contribution in [2.24, 2.45) is 10.7 Å². The van der Waals surface area contributed by atoms with Gasteiger partial charge in [-0.2, -0.15) is 0 Å². The molecule has 26 heavy (non-hydrogen) atoms. The lowest BCUT2D eigenvalue weighted by Gasteiger charge is -2.14. The summed E-state index contributed by atoms with van der Waals surface area (Å²) in [5, 5.41) is 3.73. The Morgan fingerprint density at radius 2 is 2.27 bits per heavy atom. The number of carbonyl (C=O) groups is 1. The van der Waals surface area contributed by atoms with E-state index in [1.807, 2.05) is 19.9 Å². The molecule has 1 aliphatic heterocycles. The Hall–Kier alpha value is -1.82. The van der Waals surface area contributed by atoms with Crippen LogP contribution in [0.25, 0.3) is 0 Å². The second kappa shape index (κ2) is 10.4. The summed E-state index contributed by atoms with van der Waals surface area (Å²) >= 11 is 0. The third kappa shape index (κ3) is 6.83. The molecule has 3 N–H and O–H groups in total. The van der Waals surface area contributed by atoms with E-state index in [1.165, 1.54) is 12.3 Å². The number of carbonyl (C=O) groups excluding carboxylic acids is 1. The third-order valence-electron chi connectivity index (χ3n) is 3.54.